The van der Waals surface area contributed by atoms with Crippen LogP contribution < -0.4 is 4.90 Å². The number of rotatable bonds is 6. The zero-order valence-electron chi connectivity index (χ0n) is 21.0. The molecule has 1 amide bonds. The fourth-order valence-electron chi connectivity index (χ4n) is 4.48. The largest absolute Gasteiger partial charge is 0.418 e. The Bertz CT molecular complexity index is 1570. The molecular formula is C31H26F3N3O. The minimum atomic E-state index is -4.59. The van der Waals surface area contributed by atoms with Crippen molar-refractivity contribution in [3.8, 4) is 0 Å². The van der Waals surface area contributed by atoms with E-state index in [1.807, 2.05) is 68.4 Å². The smallest absolute Gasteiger partial charge is 0.286 e. The van der Waals surface area contributed by atoms with Gasteiger partial charge in [0.2, 0.25) is 0 Å². The summed E-state index contributed by atoms with van der Waals surface area (Å²) in [5.74, 6) is -0.155. The van der Waals surface area contributed by atoms with E-state index in [4.69, 9.17) is 0 Å². The lowest BCUT2D eigenvalue weighted by molar-refractivity contribution is -0.136. The van der Waals surface area contributed by atoms with Gasteiger partial charge in [0, 0.05) is 10.9 Å². The SMILES string of the molecule is Cc1ccc(CN(C(=O)c2ccccc2)c2nn(Cc3ccc(C)cc3)c3c(C(F)(F)F)cccc23)cc1. The second-order valence-corrected chi connectivity index (χ2v) is 9.41. The van der Waals surface area contributed by atoms with Crippen LogP contribution in [0.15, 0.2) is 97.1 Å². The van der Waals surface area contributed by atoms with E-state index in [-0.39, 0.29) is 35.7 Å². The molecule has 0 bridgehead atoms. The first-order valence-electron chi connectivity index (χ1n) is 12.3. The lowest BCUT2D eigenvalue weighted by Gasteiger charge is -2.21. The molecule has 192 valence electrons. The Hall–Kier alpha value is -4.39. The van der Waals surface area contributed by atoms with Gasteiger partial charge in [0.1, 0.15) is 0 Å². The second kappa shape index (κ2) is 10.2. The number of benzene rings is 4. The molecule has 5 aromatic rings. The third-order valence-electron chi connectivity index (χ3n) is 6.49. The molecule has 0 spiro atoms. The van der Waals surface area contributed by atoms with Crippen molar-refractivity contribution in [2.75, 3.05) is 4.90 Å². The third kappa shape index (κ3) is 5.18. The fourth-order valence-corrected chi connectivity index (χ4v) is 4.48. The van der Waals surface area contributed by atoms with Gasteiger partial charge < -0.3 is 0 Å². The molecule has 7 heteroatoms. The first-order valence-corrected chi connectivity index (χ1v) is 12.3. The van der Waals surface area contributed by atoms with E-state index in [1.165, 1.54) is 15.6 Å². The highest BCUT2D eigenvalue weighted by molar-refractivity contribution is 6.10. The van der Waals surface area contributed by atoms with Crippen LogP contribution in [0.1, 0.15) is 38.2 Å². The highest BCUT2D eigenvalue weighted by Crippen LogP contribution is 2.39. The number of halogens is 3. The van der Waals surface area contributed by atoms with Gasteiger partial charge in [0.15, 0.2) is 5.82 Å². The summed E-state index contributed by atoms with van der Waals surface area (Å²) in [4.78, 5) is 15.3. The van der Waals surface area contributed by atoms with Crippen molar-refractivity contribution in [1.29, 1.82) is 0 Å². The van der Waals surface area contributed by atoms with Crippen LogP contribution in [0.5, 0.6) is 0 Å². The number of carbonyl (C=O) groups is 1. The molecule has 0 N–H and O–H groups in total. The fraction of sp³-hybridized carbons (Fsp3) is 0.161. The number of nitrogens with zero attached hydrogens (tertiary/aromatic N) is 3. The summed E-state index contributed by atoms with van der Waals surface area (Å²) in [7, 11) is 0. The lowest BCUT2D eigenvalue weighted by Crippen LogP contribution is -2.31. The molecule has 5 rings (SSSR count). The molecule has 4 nitrogen and oxygen atoms in total. The summed E-state index contributed by atoms with van der Waals surface area (Å²) in [6.45, 7) is 4.20. The van der Waals surface area contributed by atoms with Gasteiger partial charge in [-0.15, -0.1) is 0 Å². The number of hydrogen-bond donors (Lipinski definition) is 0. The van der Waals surface area contributed by atoms with E-state index >= 15 is 0 Å². The van der Waals surface area contributed by atoms with E-state index in [1.54, 1.807) is 30.3 Å². The molecular weight excluding hydrogens is 487 g/mol. The van der Waals surface area contributed by atoms with Crippen molar-refractivity contribution in [1.82, 2.24) is 9.78 Å². The Morgan fingerprint density at radius 3 is 2.00 bits per heavy atom. The van der Waals surface area contributed by atoms with Crippen molar-refractivity contribution in [3.05, 3.63) is 130 Å². The van der Waals surface area contributed by atoms with Crippen molar-refractivity contribution in [2.45, 2.75) is 33.1 Å². The molecule has 4 aromatic carbocycles. The number of amides is 1. The average molecular weight is 514 g/mol. The zero-order valence-corrected chi connectivity index (χ0v) is 21.0. The highest BCUT2D eigenvalue weighted by Gasteiger charge is 2.36. The maximum atomic E-state index is 14.2. The molecule has 0 radical (unpaired) electrons. The summed E-state index contributed by atoms with van der Waals surface area (Å²) in [6, 6.07) is 28.0. The Labute approximate surface area is 218 Å². The van der Waals surface area contributed by atoms with Gasteiger partial charge in [-0.25, -0.2) is 0 Å². The molecule has 0 aliphatic rings. The number of aromatic nitrogens is 2. The Balaban J connectivity index is 1.70. The van der Waals surface area contributed by atoms with E-state index in [9.17, 15) is 18.0 Å². The molecule has 0 saturated carbocycles. The molecule has 38 heavy (non-hydrogen) atoms. The van der Waals surface area contributed by atoms with Crippen molar-refractivity contribution >= 4 is 22.6 Å². The van der Waals surface area contributed by atoms with E-state index in [0.717, 1.165) is 28.3 Å². The number of carbonyl (C=O) groups excluding carboxylic acids is 1. The predicted octanol–water partition coefficient (Wildman–Crippen LogP) is 7.57. The summed E-state index contributed by atoms with van der Waals surface area (Å²) < 4.78 is 43.9. The minimum Gasteiger partial charge on any atom is -0.286 e. The average Bonchev–Trinajstić information content (AvgIpc) is 3.27. The quantitative estimate of drug-likeness (QED) is 0.235. The van der Waals surface area contributed by atoms with Crippen LogP contribution in [-0.2, 0) is 19.3 Å². The maximum absolute atomic E-state index is 14.2. The second-order valence-electron chi connectivity index (χ2n) is 9.41. The molecule has 0 unspecified atom stereocenters. The van der Waals surface area contributed by atoms with Crippen molar-refractivity contribution in [3.63, 3.8) is 0 Å². The van der Waals surface area contributed by atoms with Gasteiger partial charge in [-0.1, -0.05) is 83.9 Å². The van der Waals surface area contributed by atoms with Gasteiger partial charge in [0.25, 0.3) is 5.91 Å². The molecule has 0 aliphatic heterocycles. The van der Waals surface area contributed by atoms with Crippen LogP contribution in [0.3, 0.4) is 0 Å². The van der Waals surface area contributed by atoms with Gasteiger partial charge in [0.05, 0.1) is 24.2 Å². The van der Waals surface area contributed by atoms with E-state index in [0.29, 0.717) is 5.56 Å². The highest BCUT2D eigenvalue weighted by atomic mass is 19.4. The molecule has 0 saturated heterocycles. The molecule has 0 fully saturated rings. The van der Waals surface area contributed by atoms with Gasteiger partial charge >= 0.3 is 6.18 Å². The lowest BCUT2D eigenvalue weighted by atomic mass is 10.1. The van der Waals surface area contributed by atoms with E-state index in [2.05, 4.69) is 5.10 Å². The Morgan fingerprint density at radius 2 is 1.39 bits per heavy atom. The molecule has 0 aliphatic carbocycles. The summed E-state index contributed by atoms with van der Waals surface area (Å²) >= 11 is 0. The van der Waals surface area contributed by atoms with Crippen molar-refractivity contribution in [2.24, 2.45) is 0 Å². The number of fused-ring (bicyclic) bond motifs is 1. The standard InChI is InChI=1S/C31H26F3N3O/c1-21-11-15-23(16-12-21)19-36(30(38)25-7-4-3-5-8-25)29-26-9-6-10-27(31(32,33)34)28(26)37(35-29)20-24-17-13-22(2)14-18-24/h3-18H,19-20H2,1-2H3. The first kappa shape index (κ1) is 25.3. The van der Waals surface area contributed by atoms with Crippen LogP contribution in [0.4, 0.5) is 19.0 Å². The molecule has 1 heterocycles. The van der Waals surface area contributed by atoms with E-state index < -0.39 is 11.7 Å². The Morgan fingerprint density at radius 1 is 0.789 bits per heavy atom. The maximum Gasteiger partial charge on any atom is 0.418 e. The summed E-state index contributed by atoms with van der Waals surface area (Å²) in [6.07, 6.45) is -4.59. The molecule has 0 atom stereocenters. The topological polar surface area (TPSA) is 38.1 Å². The summed E-state index contributed by atoms with van der Waals surface area (Å²) in [5.41, 5.74) is 3.35. The predicted molar refractivity (Wildman–Crippen MR) is 143 cm³/mol. The minimum absolute atomic E-state index is 0.0506. The Kier molecular flexibility index (Phi) is 6.76. The van der Waals surface area contributed by atoms with Gasteiger partial charge in [-0.2, -0.15) is 18.3 Å². The number of aryl methyl sites for hydroxylation is 2. The zero-order chi connectivity index (χ0) is 26.9. The monoisotopic (exact) mass is 513 g/mol. The number of hydrogen-bond acceptors (Lipinski definition) is 2. The number of alkyl halides is 3. The van der Waals surface area contributed by atoms with Crippen LogP contribution in [0.25, 0.3) is 10.9 Å². The molecule has 1 aromatic heterocycles. The first-order chi connectivity index (χ1) is 18.2. The van der Waals surface area contributed by atoms with Crippen molar-refractivity contribution < 1.29 is 18.0 Å². The summed E-state index contributed by atoms with van der Waals surface area (Å²) in [5, 5.41) is 4.93. The normalized spacial score (nSPS) is 11.6. The third-order valence-corrected chi connectivity index (χ3v) is 6.49. The van der Waals surface area contributed by atoms with Crippen LogP contribution in [0.2, 0.25) is 0 Å². The van der Waals surface area contributed by atoms with Crippen LogP contribution in [0, 0.1) is 13.8 Å². The number of anilines is 1. The number of para-hydroxylation sites is 1. The van der Waals surface area contributed by atoms with Crippen LogP contribution >= 0.6 is 0 Å². The van der Waals surface area contributed by atoms with Gasteiger partial charge in [-0.05, 0) is 49.2 Å². The van der Waals surface area contributed by atoms with Gasteiger partial charge in [-0.3, -0.25) is 14.4 Å². The van der Waals surface area contributed by atoms with Crippen LogP contribution in [-0.4, -0.2) is 15.7 Å².